The number of aliphatic hydroxyl groups excluding tert-OH is 3. The fraction of sp³-hybridized carbons (Fsp3) is 0.579. The summed E-state index contributed by atoms with van der Waals surface area (Å²) in [5.74, 6) is -0.677. The van der Waals surface area contributed by atoms with Gasteiger partial charge in [-0.1, -0.05) is 32.4 Å². The molecule has 1 aromatic heterocycles. The van der Waals surface area contributed by atoms with E-state index < -0.39 is 23.7 Å². The van der Waals surface area contributed by atoms with E-state index >= 15 is 0 Å². The highest BCUT2D eigenvalue weighted by Gasteiger charge is 2.42. The molecule has 0 radical (unpaired) electrons. The van der Waals surface area contributed by atoms with E-state index in [2.05, 4.69) is 24.1 Å². The first-order chi connectivity index (χ1) is 12.3. The average Bonchev–Trinajstić information content (AvgIpc) is 3.03. The summed E-state index contributed by atoms with van der Waals surface area (Å²) in [5.41, 5.74) is -0.0298. The highest BCUT2D eigenvalue weighted by atomic mass is 32.1. The van der Waals surface area contributed by atoms with Crippen LogP contribution in [0.5, 0.6) is 0 Å². The van der Waals surface area contributed by atoms with E-state index in [1.54, 1.807) is 0 Å². The summed E-state index contributed by atoms with van der Waals surface area (Å²) in [6.07, 6.45) is 0.171. The SMILES string of the molecule is CC1(C)CCCC(CO)(NC(=O)C(O)C(O)c2nc3ccccc3s2)C1. The Morgan fingerprint density at radius 1 is 1.31 bits per heavy atom. The molecule has 3 atom stereocenters. The molecule has 1 aliphatic rings. The van der Waals surface area contributed by atoms with E-state index in [1.807, 2.05) is 24.3 Å². The minimum absolute atomic E-state index is 0.00482. The van der Waals surface area contributed by atoms with Crippen molar-refractivity contribution in [2.75, 3.05) is 6.61 Å². The van der Waals surface area contributed by atoms with Crippen LogP contribution in [0.25, 0.3) is 10.2 Å². The number of nitrogens with one attached hydrogen (secondary N) is 1. The van der Waals surface area contributed by atoms with Gasteiger partial charge < -0.3 is 20.6 Å². The second-order valence-corrected chi connectivity index (χ2v) is 9.09. The first-order valence-electron chi connectivity index (χ1n) is 8.90. The Morgan fingerprint density at radius 2 is 2.04 bits per heavy atom. The molecule has 142 valence electrons. The fourth-order valence-corrected chi connectivity index (χ4v) is 4.89. The van der Waals surface area contributed by atoms with Crippen LogP contribution in [0, 0.1) is 5.41 Å². The van der Waals surface area contributed by atoms with Crippen molar-refractivity contribution in [2.45, 2.75) is 57.3 Å². The lowest BCUT2D eigenvalue weighted by Crippen LogP contribution is -2.58. The topological polar surface area (TPSA) is 103 Å². The summed E-state index contributed by atoms with van der Waals surface area (Å²) >= 11 is 1.25. The largest absolute Gasteiger partial charge is 0.394 e. The molecular weight excluding hydrogens is 352 g/mol. The zero-order valence-electron chi connectivity index (χ0n) is 15.1. The van der Waals surface area contributed by atoms with Gasteiger partial charge in [0.1, 0.15) is 11.1 Å². The molecule has 0 aliphatic heterocycles. The van der Waals surface area contributed by atoms with Gasteiger partial charge in [-0.05, 0) is 36.8 Å². The molecule has 1 fully saturated rings. The Bertz CT molecular complexity index is 758. The van der Waals surface area contributed by atoms with Crippen LogP contribution in [0.2, 0.25) is 0 Å². The molecule has 0 spiro atoms. The third-order valence-electron chi connectivity index (χ3n) is 5.15. The van der Waals surface area contributed by atoms with Crippen molar-refractivity contribution in [1.82, 2.24) is 10.3 Å². The van der Waals surface area contributed by atoms with Crippen molar-refractivity contribution in [1.29, 1.82) is 0 Å². The van der Waals surface area contributed by atoms with Crippen LogP contribution in [-0.4, -0.2) is 44.5 Å². The molecule has 0 saturated heterocycles. The smallest absolute Gasteiger partial charge is 0.252 e. The molecule has 4 N–H and O–H groups in total. The van der Waals surface area contributed by atoms with Crippen LogP contribution in [0.3, 0.4) is 0 Å². The maximum Gasteiger partial charge on any atom is 0.252 e. The Hall–Kier alpha value is -1.54. The standard InChI is InChI=1S/C19H26N2O4S/c1-18(2)8-5-9-19(10-18,11-22)21-16(25)14(23)15(24)17-20-12-6-3-4-7-13(12)26-17/h3-4,6-7,14-15,22-24H,5,8-11H2,1-2H3,(H,21,25). The highest BCUT2D eigenvalue weighted by Crippen LogP contribution is 2.41. The number of aliphatic hydroxyl groups is 3. The molecule has 1 heterocycles. The Kier molecular flexibility index (Phi) is 5.35. The van der Waals surface area contributed by atoms with Gasteiger partial charge in [-0.25, -0.2) is 4.98 Å². The molecule has 1 aromatic carbocycles. The Balaban J connectivity index is 1.73. The second kappa shape index (κ2) is 7.23. The van der Waals surface area contributed by atoms with Crippen molar-refractivity contribution in [3.8, 4) is 0 Å². The number of fused-ring (bicyclic) bond motifs is 1. The van der Waals surface area contributed by atoms with Crippen molar-refractivity contribution >= 4 is 27.5 Å². The molecule has 26 heavy (non-hydrogen) atoms. The van der Waals surface area contributed by atoms with Crippen LogP contribution in [0.4, 0.5) is 0 Å². The van der Waals surface area contributed by atoms with Crippen molar-refractivity contribution in [3.05, 3.63) is 29.3 Å². The number of aromatic nitrogens is 1. The molecule has 1 saturated carbocycles. The Morgan fingerprint density at radius 3 is 2.69 bits per heavy atom. The number of nitrogens with zero attached hydrogens (tertiary/aromatic N) is 1. The number of thiazole rings is 1. The minimum Gasteiger partial charge on any atom is -0.394 e. The quantitative estimate of drug-likeness (QED) is 0.638. The van der Waals surface area contributed by atoms with Gasteiger partial charge in [0, 0.05) is 0 Å². The summed E-state index contributed by atoms with van der Waals surface area (Å²) in [6, 6.07) is 7.41. The van der Waals surface area contributed by atoms with E-state index in [-0.39, 0.29) is 12.0 Å². The number of para-hydroxylation sites is 1. The zero-order chi connectivity index (χ0) is 18.9. The summed E-state index contributed by atoms with van der Waals surface area (Å²) in [6.45, 7) is 4.02. The number of carbonyl (C=O) groups excluding carboxylic acids is 1. The Labute approximate surface area is 156 Å². The third kappa shape index (κ3) is 3.91. The first kappa shape index (κ1) is 19.2. The maximum atomic E-state index is 12.6. The van der Waals surface area contributed by atoms with Gasteiger partial charge >= 0.3 is 0 Å². The number of hydrogen-bond acceptors (Lipinski definition) is 6. The minimum atomic E-state index is -1.64. The maximum absolute atomic E-state index is 12.6. The van der Waals surface area contributed by atoms with E-state index in [0.29, 0.717) is 17.8 Å². The van der Waals surface area contributed by atoms with E-state index in [0.717, 1.165) is 23.1 Å². The molecular formula is C19H26N2O4S. The monoisotopic (exact) mass is 378 g/mol. The van der Waals surface area contributed by atoms with Gasteiger partial charge in [0.05, 0.1) is 22.4 Å². The number of hydrogen-bond donors (Lipinski definition) is 4. The average molecular weight is 378 g/mol. The fourth-order valence-electron chi connectivity index (χ4n) is 3.91. The number of amides is 1. The van der Waals surface area contributed by atoms with Gasteiger partial charge in [-0.3, -0.25) is 4.79 Å². The third-order valence-corrected chi connectivity index (χ3v) is 6.26. The molecule has 2 aromatic rings. The molecule has 1 amide bonds. The molecule has 3 unspecified atom stereocenters. The summed E-state index contributed by atoms with van der Waals surface area (Å²) in [5, 5.41) is 33.8. The number of benzene rings is 1. The van der Waals surface area contributed by atoms with Gasteiger partial charge in [0.2, 0.25) is 0 Å². The van der Waals surface area contributed by atoms with Crippen molar-refractivity contribution < 1.29 is 20.1 Å². The first-order valence-corrected chi connectivity index (χ1v) is 9.71. The van der Waals surface area contributed by atoms with Gasteiger partial charge in [0.15, 0.2) is 6.10 Å². The second-order valence-electron chi connectivity index (χ2n) is 8.03. The van der Waals surface area contributed by atoms with E-state index in [9.17, 15) is 20.1 Å². The number of carbonyl (C=O) groups is 1. The van der Waals surface area contributed by atoms with Crippen LogP contribution in [0.15, 0.2) is 24.3 Å². The van der Waals surface area contributed by atoms with Crippen LogP contribution >= 0.6 is 11.3 Å². The summed E-state index contributed by atoms with van der Waals surface area (Å²) in [4.78, 5) is 16.9. The molecule has 3 rings (SSSR count). The highest BCUT2D eigenvalue weighted by molar-refractivity contribution is 7.18. The molecule has 1 aliphatic carbocycles. The molecule has 6 nitrogen and oxygen atoms in total. The summed E-state index contributed by atoms with van der Waals surface area (Å²) < 4.78 is 0.884. The number of rotatable bonds is 5. The van der Waals surface area contributed by atoms with E-state index in [1.165, 1.54) is 11.3 Å². The van der Waals surface area contributed by atoms with Crippen molar-refractivity contribution in [2.24, 2.45) is 5.41 Å². The summed E-state index contributed by atoms with van der Waals surface area (Å²) in [7, 11) is 0. The van der Waals surface area contributed by atoms with Crippen LogP contribution in [0.1, 0.15) is 50.6 Å². The van der Waals surface area contributed by atoms with Gasteiger partial charge in [-0.2, -0.15) is 0 Å². The predicted octanol–water partition coefficient (Wildman–Crippen LogP) is 2.14. The van der Waals surface area contributed by atoms with Gasteiger partial charge in [-0.15, -0.1) is 11.3 Å². The lowest BCUT2D eigenvalue weighted by Gasteiger charge is -2.44. The van der Waals surface area contributed by atoms with Crippen molar-refractivity contribution in [3.63, 3.8) is 0 Å². The van der Waals surface area contributed by atoms with Crippen LogP contribution in [-0.2, 0) is 4.79 Å². The lowest BCUT2D eigenvalue weighted by molar-refractivity contribution is -0.139. The molecule has 7 heteroatoms. The van der Waals surface area contributed by atoms with Gasteiger partial charge in [0.25, 0.3) is 5.91 Å². The predicted molar refractivity (Wildman–Crippen MR) is 101 cm³/mol. The lowest BCUT2D eigenvalue weighted by atomic mass is 9.68. The van der Waals surface area contributed by atoms with Crippen LogP contribution < -0.4 is 5.32 Å². The van der Waals surface area contributed by atoms with E-state index in [4.69, 9.17) is 0 Å². The molecule has 0 bridgehead atoms. The zero-order valence-corrected chi connectivity index (χ0v) is 15.9. The normalized spacial score (nSPS) is 25.0.